The zero-order chi connectivity index (χ0) is 22.2. The van der Waals surface area contributed by atoms with Crippen LogP contribution in [0.3, 0.4) is 0 Å². The van der Waals surface area contributed by atoms with E-state index in [9.17, 15) is 0 Å². The Labute approximate surface area is 186 Å². The highest BCUT2D eigenvalue weighted by molar-refractivity contribution is 5.84. The quantitative estimate of drug-likeness (QED) is 0.427. The summed E-state index contributed by atoms with van der Waals surface area (Å²) < 4.78 is 1.87. The van der Waals surface area contributed by atoms with Crippen LogP contribution in [0.15, 0.2) is 60.9 Å². The van der Waals surface area contributed by atoms with Gasteiger partial charge in [0, 0.05) is 23.3 Å². The fourth-order valence-electron chi connectivity index (χ4n) is 3.72. The highest BCUT2D eigenvalue weighted by atomic mass is 15.3. The van der Waals surface area contributed by atoms with Crippen molar-refractivity contribution in [3.8, 4) is 16.9 Å². The zero-order valence-corrected chi connectivity index (χ0v) is 18.5. The Hall–Kier alpha value is -4.13. The van der Waals surface area contributed by atoms with Crippen molar-refractivity contribution >= 4 is 22.8 Å². The number of anilines is 2. The molecule has 5 aromatic rings. The largest absolute Gasteiger partial charge is 0.293 e. The fraction of sp³-hybridized carbons (Fsp3) is 0.160. The predicted octanol–water partition coefficient (Wildman–Crippen LogP) is 5.25. The summed E-state index contributed by atoms with van der Waals surface area (Å²) in [5, 5.41) is 8.88. The maximum atomic E-state index is 4.70. The zero-order valence-electron chi connectivity index (χ0n) is 18.5. The van der Waals surface area contributed by atoms with Gasteiger partial charge >= 0.3 is 0 Å². The molecule has 0 radical (unpaired) electrons. The SMILES string of the molecule is Cc1ccc(-n2cc(-c3ccnc(Nc4nc(C)c5cccc(C)c5n4)n3)c(C)n2)cc1. The van der Waals surface area contributed by atoms with Crippen molar-refractivity contribution in [3.63, 3.8) is 0 Å². The van der Waals surface area contributed by atoms with E-state index in [0.717, 1.165) is 44.8 Å². The van der Waals surface area contributed by atoms with Crippen LogP contribution in [0.5, 0.6) is 0 Å². The molecule has 0 unspecified atom stereocenters. The molecule has 0 spiro atoms. The minimum atomic E-state index is 0.442. The molecule has 0 saturated carbocycles. The van der Waals surface area contributed by atoms with E-state index in [-0.39, 0.29) is 0 Å². The molecule has 32 heavy (non-hydrogen) atoms. The summed E-state index contributed by atoms with van der Waals surface area (Å²) in [5.41, 5.74) is 7.78. The van der Waals surface area contributed by atoms with Crippen LogP contribution in [0.2, 0.25) is 0 Å². The van der Waals surface area contributed by atoms with Gasteiger partial charge in [-0.15, -0.1) is 0 Å². The van der Waals surface area contributed by atoms with E-state index in [0.29, 0.717) is 11.9 Å². The van der Waals surface area contributed by atoms with Crippen molar-refractivity contribution in [2.75, 3.05) is 5.32 Å². The summed E-state index contributed by atoms with van der Waals surface area (Å²) in [4.78, 5) is 18.3. The molecule has 1 N–H and O–H groups in total. The second-order valence-corrected chi connectivity index (χ2v) is 7.90. The van der Waals surface area contributed by atoms with Gasteiger partial charge in [0.2, 0.25) is 11.9 Å². The molecule has 0 amide bonds. The lowest BCUT2D eigenvalue weighted by molar-refractivity contribution is 0.862. The Morgan fingerprint density at radius 3 is 2.41 bits per heavy atom. The first-order valence-corrected chi connectivity index (χ1v) is 10.5. The Bertz CT molecular complexity index is 1440. The average Bonchev–Trinajstić information content (AvgIpc) is 3.17. The van der Waals surface area contributed by atoms with Crippen LogP contribution in [0, 0.1) is 27.7 Å². The minimum absolute atomic E-state index is 0.442. The third-order valence-corrected chi connectivity index (χ3v) is 5.47. The average molecular weight is 422 g/mol. The van der Waals surface area contributed by atoms with Crippen molar-refractivity contribution < 1.29 is 0 Å². The number of nitrogens with one attached hydrogen (secondary N) is 1. The number of rotatable bonds is 4. The summed E-state index contributed by atoms with van der Waals surface area (Å²) in [7, 11) is 0. The van der Waals surface area contributed by atoms with Gasteiger partial charge in [-0.25, -0.2) is 24.6 Å². The van der Waals surface area contributed by atoms with Gasteiger partial charge in [0.1, 0.15) is 0 Å². The number of aromatic nitrogens is 6. The van der Waals surface area contributed by atoms with Crippen molar-refractivity contribution in [1.82, 2.24) is 29.7 Å². The van der Waals surface area contributed by atoms with E-state index in [4.69, 9.17) is 4.98 Å². The molecule has 3 heterocycles. The van der Waals surface area contributed by atoms with Crippen molar-refractivity contribution in [2.45, 2.75) is 27.7 Å². The first-order valence-electron chi connectivity index (χ1n) is 10.5. The molecule has 0 atom stereocenters. The van der Waals surface area contributed by atoms with Crippen molar-refractivity contribution in [2.24, 2.45) is 0 Å². The number of nitrogens with zero attached hydrogens (tertiary/aromatic N) is 6. The third kappa shape index (κ3) is 3.69. The van der Waals surface area contributed by atoms with Gasteiger partial charge < -0.3 is 0 Å². The number of para-hydroxylation sites is 1. The van der Waals surface area contributed by atoms with Crippen LogP contribution in [-0.2, 0) is 0 Å². The van der Waals surface area contributed by atoms with Crippen LogP contribution in [0.1, 0.15) is 22.5 Å². The molecule has 0 bridgehead atoms. The molecule has 0 aliphatic rings. The van der Waals surface area contributed by atoms with Gasteiger partial charge in [-0.3, -0.25) is 5.32 Å². The number of hydrogen-bond acceptors (Lipinski definition) is 6. The standard InChI is InChI=1S/C25H23N7/c1-15-8-10-19(11-9-15)32-14-21(18(4)31-32)22-12-13-26-24(28-22)30-25-27-17(3)20-7-5-6-16(2)23(20)29-25/h5-14H,1-4H3,(H,26,27,28,29,30). The number of benzene rings is 2. The van der Waals surface area contributed by atoms with Gasteiger partial charge in [-0.1, -0.05) is 35.9 Å². The van der Waals surface area contributed by atoms with Crippen LogP contribution < -0.4 is 5.32 Å². The number of aryl methyl sites for hydroxylation is 4. The highest BCUT2D eigenvalue weighted by Gasteiger charge is 2.12. The topological polar surface area (TPSA) is 81.4 Å². The van der Waals surface area contributed by atoms with Crippen LogP contribution in [0.4, 0.5) is 11.9 Å². The van der Waals surface area contributed by atoms with E-state index >= 15 is 0 Å². The third-order valence-electron chi connectivity index (χ3n) is 5.47. The lowest BCUT2D eigenvalue weighted by atomic mass is 10.1. The Morgan fingerprint density at radius 1 is 0.781 bits per heavy atom. The monoisotopic (exact) mass is 421 g/mol. The maximum absolute atomic E-state index is 4.70. The van der Waals surface area contributed by atoms with Gasteiger partial charge in [0.15, 0.2) is 0 Å². The molecular formula is C25H23N7. The Balaban J connectivity index is 1.48. The van der Waals surface area contributed by atoms with Crippen LogP contribution in [-0.4, -0.2) is 29.7 Å². The second kappa shape index (κ2) is 7.85. The molecular weight excluding hydrogens is 398 g/mol. The van der Waals surface area contributed by atoms with E-state index in [1.807, 2.05) is 55.9 Å². The summed E-state index contributed by atoms with van der Waals surface area (Å²) >= 11 is 0. The van der Waals surface area contributed by atoms with Crippen LogP contribution in [0.25, 0.3) is 27.8 Å². The predicted molar refractivity (Wildman–Crippen MR) is 126 cm³/mol. The molecule has 158 valence electrons. The Kier molecular flexibility index (Phi) is 4.86. The fourth-order valence-corrected chi connectivity index (χ4v) is 3.72. The molecule has 0 aliphatic carbocycles. The van der Waals surface area contributed by atoms with Gasteiger partial charge in [0.25, 0.3) is 0 Å². The van der Waals surface area contributed by atoms with E-state index in [1.165, 1.54) is 5.56 Å². The van der Waals surface area contributed by atoms with E-state index < -0.39 is 0 Å². The number of fused-ring (bicyclic) bond motifs is 1. The van der Waals surface area contributed by atoms with Gasteiger partial charge in [-0.05, 0) is 51.5 Å². The summed E-state index contributed by atoms with van der Waals surface area (Å²) in [5.74, 6) is 0.922. The summed E-state index contributed by atoms with van der Waals surface area (Å²) in [6.07, 6.45) is 3.72. The lowest BCUT2D eigenvalue weighted by Gasteiger charge is -2.09. The maximum Gasteiger partial charge on any atom is 0.230 e. The highest BCUT2D eigenvalue weighted by Crippen LogP contribution is 2.25. The van der Waals surface area contributed by atoms with Crippen molar-refractivity contribution in [3.05, 3.63) is 83.4 Å². The molecule has 7 heteroatoms. The summed E-state index contributed by atoms with van der Waals surface area (Å²) in [6, 6.07) is 16.2. The van der Waals surface area contributed by atoms with E-state index in [2.05, 4.69) is 56.6 Å². The normalized spacial score (nSPS) is 11.1. The minimum Gasteiger partial charge on any atom is -0.293 e. The molecule has 7 nitrogen and oxygen atoms in total. The molecule has 0 saturated heterocycles. The first kappa shape index (κ1) is 19.8. The molecule has 0 fully saturated rings. The summed E-state index contributed by atoms with van der Waals surface area (Å²) in [6.45, 7) is 8.08. The molecule has 2 aromatic carbocycles. The van der Waals surface area contributed by atoms with Gasteiger partial charge in [-0.2, -0.15) is 5.10 Å². The van der Waals surface area contributed by atoms with Crippen LogP contribution >= 0.6 is 0 Å². The lowest BCUT2D eigenvalue weighted by Crippen LogP contribution is -2.04. The second-order valence-electron chi connectivity index (χ2n) is 7.90. The molecule has 5 rings (SSSR count). The first-order chi connectivity index (χ1) is 15.5. The smallest absolute Gasteiger partial charge is 0.230 e. The number of hydrogen-bond donors (Lipinski definition) is 1. The van der Waals surface area contributed by atoms with E-state index in [1.54, 1.807) is 6.20 Å². The van der Waals surface area contributed by atoms with Crippen molar-refractivity contribution in [1.29, 1.82) is 0 Å². The van der Waals surface area contributed by atoms with Gasteiger partial charge in [0.05, 0.1) is 28.3 Å². The molecule has 0 aliphatic heterocycles. The Morgan fingerprint density at radius 2 is 1.59 bits per heavy atom. The molecule has 3 aromatic heterocycles.